The fraction of sp³-hybridized carbons (Fsp3) is 0.889. The first-order valence-electron chi connectivity index (χ1n) is 9.32. The van der Waals surface area contributed by atoms with E-state index < -0.39 is 11.3 Å². The van der Waals surface area contributed by atoms with Crippen LogP contribution >= 0.6 is 0 Å². The zero-order valence-electron chi connectivity index (χ0n) is 14.3. The SMILES string of the molecule is C[C@@H]1C[C@]2(CC[C@@H]3CN4[C@H]([C@H]5C[C@H](C)C(=O)O5)CC[C@@]42O3)OC1=O. The van der Waals surface area contributed by atoms with Gasteiger partial charge in [-0.2, -0.15) is 0 Å². The van der Waals surface area contributed by atoms with Crippen molar-refractivity contribution in [3.63, 3.8) is 0 Å². The molecule has 2 spiro atoms. The highest BCUT2D eigenvalue weighted by atomic mass is 16.6. The van der Waals surface area contributed by atoms with Crippen LogP contribution in [0.4, 0.5) is 0 Å². The summed E-state index contributed by atoms with van der Waals surface area (Å²) in [7, 11) is 0. The number of rotatable bonds is 1. The van der Waals surface area contributed by atoms with E-state index in [9.17, 15) is 9.59 Å². The summed E-state index contributed by atoms with van der Waals surface area (Å²) < 4.78 is 18.1. The number of hydrogen-bond donors (Lipinski definition) is 0. The van der Waals surface area contributed by atoms with E-state index >= 15 is 0 Å². The summed E-state index contributed by atoms with van der Waals surface area (Å²) in [4.78, 5) is 26.4. The highest BCUT2D eigenvalue weighted by Crippen LogP contribution is 2.59. The van der Waals surface area contributed by atoms with Crippen molar-refractivity contribution < 1.29 is 23.8 Å². The van der Waals surface area contributed by atoms with Gasteiger partial charge in [0.05, 0.1) is 17.9 Å². The Balaban J connectivity index is 1.48. The Labute approximate surface area is 141 Å². The molecule has 7 atom stereocenters. The molecule has 0 saturated carbocycles. The van der Waals surface area contributed by atoms with E-state index in [1.54, 1.807) is 0 Å². The highest BCUT2D eigenvalue weighted by molar-refractivity contribution is 5.75. The third-order valence-corrected chi connectivity index (χ3v) is 7.01. The van der Waals surface area contributed by atoms with Crippen molar-refractivity contribution in [3.05, 3.63) is 0 Å². The molecule has 5 saturated heterocycles. The second kappa shape index (κ2) is 4.73. The average Bonchev–Trinajstić information content (AvgIpc) is 3.20. The molecule has 5 aliphatic heterocycles. The highest BCUT2D eigenvalue weighted by Gasteiger charge is 2.72. The maximum absolute atomic E-state index is 12.2. The lowest BCUT2D eigenvalue weighted by Gasteiger charge is -2.48. The molecule has 0 aromatic rings. The second-order valence-corrected chi connectivity index (χ2v) is 8.45. The molecule has 2 bridgehead atoms. The zero-order chi connectivity index (χ0) is 16.7. The number of hydrogen-bond acceptors (Lipinski definition) is 6. The number of carbonyl (C=O) groups is 2. The molecule has 6 heteroatoms. The number of ether oxygens (including phenoxy) is 3. The Hall–Kier alpha value is -1.14. The fourth-order valence-electron chi connectivity index (χ4n) is 5.87. The van der Waals surface area contributed by atoms with Crippen LogP contribution in [-0.2, 0) is 23.8 Å². The molecule has 132 valence electrons. The normalized spacial score (nSPS) is 53.5. The van der Waals surface area contributed by atoms with E-state index in [1.807, 2.05) is 13.8 Å². The van der Waals surface area contributed by atoms with Crippen LogP contribution in [0.1, 0.15) is 52.4 Å². The summed E-state index contributed by atoms with van der Waals surface area (Å²) in [6.45, 7) is 4.75. The first kappa shape index (κ1) is 15.1. The average molecular weight is 335 g/mol. The van der Waals surface area contributed by atoms with Crippen molar-refractivity contribution in [1.82, 2.24) is 4.90 Å². The topological polar surface area (TPSA) is 65.1 Å². The van der Waals surface area contributed by atoms with Crippen LogP contribution in [0.3, 0.4) is 0 Å². The summed E-state index contributed by atoms with van der Waals surface area (Å²) >= 11 is 0. The largest absolute Gasteiger partial charge is 0.460 e. The van der Waals surface area contributed by atoms with Crippen molar-refractivity contribution in [2.75, 3.05) is 6.54 Å². The number of esters is 2. The lowest BCUT2D eigenvalue weighted by molar-refractivity contribution is -0.246. The van der Waals surface area contributed by atoms with Crippen molar-refractivity contribution >= 4 is 11.9 Å². The molecule has 0 aromatic carbocycles. The summed E-state index contributed by atoms with van der Waals surface area (Å²) in [6, 6.07) is 0.188. The molecule has 24 heavy (non-hydrogen) atoms. The van der Waals surface area contributed by atoms with Crippen LogP contribution in [0.2, 0.25) is 0 Å². The zero-order valence-corrected chi connectivity index (χ0v) is 14.3. The smallest absolute Gasteiger partial charge is 0.309 e. The molecule has 0 aromatic heterocycles. The van der Waals surface area contributed by atoms with Gasteiger partial charge in [-0.3, -0.25) is 14.5 Å². The Morgan fingerprint density at radius 1 is 1.08 bits per heavy atom. The van der Waals surface area contributed by atoms with Crippen LogP contribution in [-0.4, -0.2) is 53.0 Å². The van der Waals surface area contributed by atoms with Gasteiger partial charge in [0.1, 0.15) is 6.10 Å². The maximum Gasteiger partial charge on any atom is 0.309 e. The lowest BCUT2D eigenvalue weighted by atomic mass is 9.78. The van der Waals surface area contributed by atoms with Gasteiger partial charge in [0, 0.05) is 19.0 Å². The van der Waals surface area contributed by atoms with Crippen molar-refractivity contribution in [3.8, 4) is 0 Å². The Morgan fingerprint density at radius 3 is 2.58 bits per heavy atom. The summed E-state index contributed by atoms with van der Waals surface area (Å²) in [5.41, 5.74) is -1.02. The Kier molecular flexibility index (Phi) is 2.98. The number of cyclic esters (lactones) is 1. The van der Waals surface area contributed by atoms with E-state index in [0.717, 1.165) is 45.1 Å². The second-order valence-electron chi connectivity index (χ2n) is 8.45. The van der Waals surface area contributed by atoms with Gasteiger partial charge >= 0.3 is 11.9 Å². The van der Waals surface area contributed by atoms with Crippen LogP contribution in [0.15, 0.2) is 0 Å². The molecule has 0 amide bonds. The molecule has 0 aliphatic carbocycles. The van der Waals surface area contributed by atoms with Gasteiger partial charge in [0.15, 0.2) is 11.3 Å². The molecule has 5 rings (SSSR count). The van der Waals surface area contributed by atoms with Gasteiger partial charge < -0.3 is 14.2 Å². The van der Waals surface area contributed by atoms with E-state index in [1.165, 1.54) is 0 Å². The van der Waals surface area contributed by atoms with E-state index in [0.29, 0.717) is 0 Å². The van der Waals surface area contributed by atoms with Crippen molar-refractivity contribution in [1.29, 1.82) is 0 Å². The molecule has 5 heterocycles. The molecular formula is C18H25NO5. The minimum Gasteiger partial charge on any atom is -0.460 e. The third-order valence-electron chi connectivity index (χ3n) is 7.01. The van der Waals surface area contributed by atoms with Gasteiger partial charge in [-0.1, -0.05) is 13.8 Å². The predicted molar refractivity (Wildman–Crippen MR) is 82.8 cm³/mol. The van der Waals surface area contributed by atoms with Gasteiger partial charge in [-0.15, -0.1) is 0 Å². The summed E-state index contributed by atoms with van der Waals surface area (Å²) in [5, 5.41) is 0. The van der Waals surface area contributed by atoms with Gasteiger partial charge in [0.2, 0.25) is 0 Å². The van der Waals surface area contributed by atoms with Gasteiger partial charge in [-0.05, 0) is 32.1 Å². The standard InChI is InChI=1S/C18H25NO5/c1-10-7-14(22-15(10)20)13-4-6-18-17(8-11(2)16(21)24-17)5-3-12(23-18)9-19(13)18/h10-14H,3-9H2,1-2H3/t10-,11+,12+,13-,14+,17-,18-/m0/s1. The third kappa shape index (κ3) is 1.74. The first-order chi connectivity index (χ1) is 11.4. The molecular weight excluding hydrogens is 310 g/mol. The van der Waals surface area contributed by atoms with Crippen LogP contribution in [0.25, 0.3) is 0 Å². The number of carbonyl (C=O) groups excluding carboxylic acids is 2. The molecule has 5 aliphatic rings. The molecule has 0 unspecified atom stereocenters. The first-order valence-corrected chi connectivity index (χ1v) is 9.32. The number of fused-ring (bicyclic) bond motifs is 1. The lowest BCUT2D eigenvalue weighted by Crippen LogP contribution is -2.62. The molecule has 0 radical (unpaired) electrons. The van der Waals surface area contributed by atoms with Crippen LogP contribution in [0, 0.1) is 11.8 Å². The number of nitrogens with zero attached hydrogens (tertiary/aromatic N) is 1. The summed E-state index contributed by atoms with van der Waals surface area (Å²) in [6.07, 6.45) is 5.29. The minimum absolute atomic E-state index is 0.0206. The molecule has 5 fully saturated rings. The molecule has 0 N–H and O–H groups in total. The maximum atomic E-state index is 12.2. The van der Waals surface area contributed by atoms with Crippen molar-refractivity contribution in [2.24, 2.45) is 11.8 Å². The minimum atomic E-state index is -0.514. The Bertz CT molecular complexity index is 608. The van der Waals surface area contributed by atoms with Crippen LogP contribution in [0.5, 0.6) is 0 Å². The quantitative estimate of drug-likeness (QED) is 0.679. The Morgan fingerprint density at radius 2 is 1.92 bits per heavy atom. The van der Waals surface area contributed by atoms with E-state index in [-0.39, 0.29) is 42.0 Å². The van der Waals surface area contributed by atoms with Gasteiger partial charge in [0.25, 0.3) is 0 Å². The van der Waals surface area contributed by atoms with Crippen molar-refractivity contribution in [2.45, 2.75) is 81.9 Å². The van der Waals surface area contributed by atoms with E-state index in [2.05, 4.69) is 4.90 Å². The van der Waals surface area contributed by atoms with E-state index in [4.69, 9.17) is 14.2 Å². The predicted octanol–water partition coefficient (Wildman–Crippen LogP) is 1.61. The summed E-state index contributed by atoms with van der Waals surface area (Å²) in [5.74, 6) is -0.264. The van der Waals surface area contributed by atoms with Crippen LogP contribution < -0.4 is 0 Å². The molecule has 6 nitrogen and oxygen atoms in total. The van der Waals surface area contributed by atoms with Gasteiger partial charge in [-0.25, -0.2) is 0 Å². The fourth-order valence-corrected chi connectivity index (χ4v) is 5.87. The monoisotopic (exact) mass is 335 g/mol.